The van der Waals surface area contributed by atoms with Crippen molar-refractivity contribution in [2.45, 2.75) is 18.9 Å². The topological polar surface area (TPSA) is 70.2 Å². The fourth-order valence-corrected chi connectivity index (χ4v) is 5.08. The molecule has 0 atom stereocenters. The highest BCUT2D eigenvalue weighted by atomic mass is 32.1. The number of benzene rings is 2. The first-order valence-electron chi connectivity index (χ1n) is 10.9. The third kappa shape index (κ3) is 4.64. The molecule has 6 nitrogen and oxygen atoms in total. The molecule has 1 aliphatic rings. The number of nitrogens with zero attached hydrogens (tertiary/aromatic N) is 3. The van der Waals surface area contributed by atoms with Crippen molar-refractivity contribution in [1.82, 2.24) is 14.9 Å². The number of para-hydroxylation sites is 1. The second kappa shape index (κ2) is 9.46. The predicted molar refractivity (Wildman–Crippen MR) is 131 cm³/mol. The zero-order chi connectivity index (χ0) is 21.8. The van der Waals surface area contributed by atoms with E-state index in [1.165, 1.54) is 11.1 Å². The monoisotopic (exact) mass is 443 g/mol. The predicted octanol–water partition coefficient (Wildman–Crippen LogP) is 4.87. The first-order valence-corrected chi connectivity index (χ1v) is 11.8. The van der Waals surface area contributed by atoms with E-state index in [9.17, 15) is 4.79 Å². The van der Waals surface area contributed by atoms with E-state index in [0.717, 1.165) is 47.7 Å². The van der Waals surface area contributed by atoms with Gasteiger partial charge in [-0.15, -0.1) is 11.3 Å². The highest BCUT2D eigenvalue weighted by molar-refractivity contribution is 7.17. The van der Waals surface area contributed by atoms with Crippen LogP contribution in [0.15, 0.2) is 72.4 Å². The number of fused-ring (bicyclic) bond motifs is 1. The molecule has 7 heteroatoms. The van der Waals surface area contributed by atoms with Gasteiger partial charge in [-0.2, -0.15) is 0 Å². The van der Waals surface area contributed by atoms with Gasteiger partial charge in [-0.25, -0.2) is 9.97 Å². The van der Waals surface area contributed by atoms with Crippen molar-refractivity contribution >= 4 is 39.0 Å². The summed E-state index contributed by atoms with van der Waals surface area (Å²) in [6, 6.07) is 20.3. The Bertz CT molecular complexity index is 1190. The van der Waals surface area contributed by atoms with Crippen LogP contribution in [-0.2, 0) is 4.79 Å². The third-order valence-electron chi connectivity index (χ3n) is 5.81. The molecule has 0 unspecified atom stereocenters. The van der Waals surface area contributed by atoms with E-state index in [1.807, 2.05) is 36.4 Å². The normalized spacial score (nSPS) is 15.0. The maximum Gasteiger partial charge on any atom is 0.238 e. The lowest BCUT2D eigenvalue weighted by Gasteiger charge is -2.32. The number of nitrogens with one attached hydrogen (secondary N) is 2. The molecule has 0 spiro atoms. The van der Waals surface area contributed by atoms with Gasteiger partial charge in [0.1, 0.15) is 17.0 Å². The van der Waals surface area contributed by atoms with Crippen LogP contribution in [0.1, 0.15) is 12.8 Å². The van der Waals surface area contributed by atoms with Crippen LogP contribution in [0.3, 0.4) is 0 Å². The Morgan fingerprint density at radius 2 is 1.72 bits per heavy atom. The van der Waals surface area contributed by atoms with Crippen molar-refractivity contribution in [1.29, 1.82) is 0 Å². The lowest BCUT2D eigenvalue weighted by atomic mass is 10.0. The van der Waals surface area contributed by atoms with E-state index in [1.54, 1.807) is 17.7 Å². The van der Waals surface area contributed by atoms with Gasteiger partial charge in [-0.05, 0) is 30.5 Å². The van der Waals surface area contributed by atoms with Crippen molar-refractivity contribution in [3.8, 4) is 11.1 Å². The Morgan fingerprint density at radius 1 is 1.00 bits per heavy atom. The van der Waals surface area contributed by atoms with Crippen LogP contribution in [0, 0.1) is 0 Å². The number of thiophene rings is 1. The minimum absolute atomic E-state index is 0.0332. The summed E-state index contributed by atoms with van der Waals surface area (Å²) in [7, 11) is 0. The van der Waals surface area contributed by atoms with Crippen molar-refractivity contribution in [2.75, 3.05) is 30.3 Å². The lowest BCUT2D eigenvalue weighted by molar-refractivity contribution is -0.117. The van der Waals surface area contributed by atoms with Crippen LogP contribution in [0.4, 0.5) is 11.5 Å². The largest absolute Gasteiger partial charge is 0.367 e. The molecular formula is C25H25N5OS. The average Bonchev–Trinajstić information content (AvgIpc) is 3.27. The number of carbonyl (C=O) groups excluding carboxylic acids is 1. The van der Waals surface area contributed by atoms with Gasteiger partial charge in [0, 0.05) is 35.8 Å². The average molecular weight is 444 g/mol. The number of amides is 1. The number of rotatable bonds is 6. The Labute approximate surface area is 191 Å². The van der Waals surface area contributed by atoms with Gasteiger partial charge >= 0.3 is 0 Å². The number of hydrogen-bond donors (Lipinski definition) is 2. The molecule has 162 valence electrons. The van der Waals surface area contributed by atoms with E-state index in [0.29, 0.717) is 12.6 Å². The van der Waals surface area contributed by atoms with Crippen molar-refractivity contribution < 1.29 is 4.79 Å². The van der Waals surface area contributed by atoms with E-state index < -0.39 is 0 Å². The minimum Gasteiger partial charge on any atom is -0.367 e. The molecule has 2 aromatic heterocycles. The molecule has 0 radical (unpaired) electrons. The maximum atomic E-state index is 12.4. The fraction of sp³-hybridized carbons (Fsp3) is 0.240. The van der Waals surface area contributed by atoms with Crippen molar-refractivity contribution in [2.24, 2.45) is 0 Å². The molecular weight excluding hydrogens is 418 g/mol. The first kappa shape index (κ1) is 20.6. The van der Waals surface area contributed by atoms with Crippen LogP contribution < -0.4 is 10.6 Å². The zero-order valence-electron chi connectivity index (χ0n) is 17.7. The van der Waals surface area contributed by atoms with Gasteiger partial charge in [-0.3, -0.25) is 9.69 Å². The second-order valence-electron chi connectivity index (χ2n) is 8.03. The summed E-state index contributed by atoms with van der Waals surface area (Å²) < 4.78 is 0. The quantitative estimate of drug-likeness (QED) is 0.445. The Kier molecular flexibility index (Phi) is 6.09. The molecule has 1 amide bonds. The van der Waals surface area contributed by atoms with Crippen LogP contribution in [-0.4, -0.2) is 46.5 Å². The summed E-state index contributed by atoms with van der Waals surface area (Å²) in [4.78, 5) is 24.6. The first-order chi connectivity index (χ1) is 15.8. The number of carbonyl (C=O) groups is 1. The SMILES string of the molecule is O=C(CN1CCC(Nc2ncnc3scc(-c4ccccc4)c23)CC1)Nc1ccccc1. The summed E-state index contributed by atoms with van der Waals surface area (Å²) in [6.07, 6.45) is 3.57. The number of aromatic nitrogens is 2. The molecule has 0 aliphatic carbocycles. The van der Waals surface area contributed by atoms with Gasteiger partial charge < -0.3 is 10.6 Å². The second-order valence-corrected chi connectivity index (χ2v) is 8.88. The molecule has 5 rings (SSSR count). The molecule has 1 aliphatic heterocycles. The van der Waals surface area contributed by atoms with Gasteiger partial charge in [0.25, 0.3) is 0 Å². The molecule has 0 bridgehead atoms. The zero-order valence-corrected chi connectivity index (χ0v) is 18.5. The molecule has 2 aromatic carbocycles. The highest BCUT2D eigenvalue weighted by Gasteiger charge is 2.22. The number of hydrogen-bond acceptors (Lipinski definition) is 6. The van der Waals surface area contributed by atoms with Gasteiger partial charge in [0.15, 0.2) is 0 Å². The van der Waals surface area contributed by atoms with Crippen molar-refractivity contribution in [3.63, 3.8) is 0 Å². The molecule has 0 saturated carbocycles. The molecule has 1 fully saturated rings. The summed E-state index contributed by atoms with van der Waals surface area (Å²) in [5.74, 6) is 0.932. The summed E-state index contributed by atoms with van der Waals surface area (Å²) in [5.41, 5.74) is 3.19. The van der Waals surface area contributed by atoms with Gasteiger partial charge in [0.05, 0.1) is 11.9 Å². The van der Waals surface area contributed by atoms with E-state index in [4.69, 9.17) is 0 Å². The maximum absolute atomic E-state index is 12.4. The molecule has 3 heterocycles. The summed E-state index contributed by atoms with van der Waals surface area (Å²) in [6.45, 7) is 2.18. The number of likely N-dealkylation sites (tertiary alicyclic amines) is 1. The summed E-state index contributed by atoms with van der Waals surface area (Å²) in [5, 5.41) is 9.88. The molecule has 4 aromatic rings. The lowest BCUT2D eigenvalue weighted by Crippen LogP contribution is -2.42. The number of piperidine rings is 1. The summed E-state index contributed by atoms with van der Waals surface area (Å²) >= 11 is 1.65. The Balaban J connectivity index is 1.22. The standard InChI is InChI=1S/C25H25N5OS/c31-22(28-19-9-5-2-6-10-19)15-30-13-11-20(12-14-30)29-24-23-21(18-7-3-1-4-8-18)16-32-25(23)27-17-26-24/h1-10,16-17,20H,11-15H2,(H,28,31)(H,26,27,29). The Morgan fingerprint density at radius 3 is 2.47 bits per heavy atom. The third-order valence-corrected chi connectivity index (χ3v) is 6.69. The van der Waals surface area contributed by atoms with Crippen LogP contribution in [0.2, 0.25) is 0 Å². The van der Waals surface area contributed by atoms with Crippen LogP contribution in [0.25, 0.3) is 21.3 Å². The smallest absolute Gasteiger partial charge is 0.238 e. The molecule has 32 heavy (non-hydrogen) atoms. The van der Waals surface area contributed by atoms with Gasteiger partial charge in [0.2, 0.25) is 5.91 Å². The van der Waals surface area contributed by atoms with Crippen LogP contribution >= 0.6 is 11.3 Å². The number of anilines is 2. The Hall–Kier alpha value is -3.29. The van der Waals surface area contributed by atoms with E-state index in [2.05, 4.69) is 55.1 Å². The molecule has 1 saturated heterocycles. The highest BCUT2D eigenvalue weighted by Crippen LogP contribution is 2.36. The van der Waals surface area contributed by atoms with Gasteiger partial charge in [-0.1, -0.05) is 48.5 Å². The van der Waals surface area contributed by atoms with Crippen LogP contribution in [0.5, 0.6) is 0 Å². The van der Waals surface area contributed by atoms with Crippen molar-refractivity contribution in [3.05, 3.63) is 72.4 Å². The van der Waals surface area contributed by atoms with E-state index >= 15 is 0 Å². The molecule has 2 N–H and O–H groups in total. The fourth-order valence-electron chi connectivity index (χ4n) is 4.17. The van der Waals surface area contributed by atoms with E-state index in [-0.39, 0.29) is 5.91 Å². The minimum atomic E-state index is 0.0332.